The Morgan fingerprint density at radius 2 is 2.16 bits per heavy atom. The predicted molar refractivity (Wildman–Crippen MR) is 74.8 cm³/mol. The molecule has 0 saturated carbocycles. The Bertz CT molecular complexity index is 408. The lowest BCUT2D eigenvalue weighted by Crippen LogP contribution is -2.26. The van der Waals surface area contributed by atoms with Crippen molar-refractivity contribution in [3.8, 4) is 11.5 Å². The summed E-state index contributed by atoms with van der Waals surface area (Å²) in [5, 5.41) is 3.48. The number of benzene rings is 1. The molecule has 0 aliphatic carbocycles. The summed E-state index contributed by atoms with van der Waals surface area (Å²) in [5.74, 6) is 2.20. The van der Waals surface area contributed by atoms with Crippen LogP contribution in [0.15, 0.2) is 18.2 Å². The summed E-state index contributed by atoms with van der Waals surface area (Å²) in [7, 11) is 3.33. The Balaban J connectivity index is 1.92. The van der Waals surface area contributed by atoms with E-state index in [1.54, 1.807) is 14.2 Å². The van der Waals surface area contributed by atoms with Crippen LogP contribution in [0.3, 0.4) is 0 Å². The molecule has 1 fully saturated rings. The van der Waals surface area contributed by atoms with Gasteiger partial charge in [0.05, 0.1) is 20.3 Å². The summed E-state index contributed by atoms with van der Waals surface area (Å²) in [6, 6.07) is 5.96. The Kier molecular flexibility index (Phi) is 5.05. The van der Waals surface area contributed by atoms with E-state index < -0.39 is 0 Å². The zero-order chi connectivity index (χ0) is 13.7. The van der Waals surface area contributed by atoms with Gasteiger partial charge in [0.25, 0.3) is 0 Å². The van der Waals surface area contributed by atoms with Crippen molar-refractivity contribution in [2.75, 3.05) is 27.4 Å². The molecule has 19 heavy (non-hydrogen) atoms. The van der Waals surface area contributed by atoms with Crippen molar-refractivity contribution in [1.29, 1.82) is 0 Å². The molecule has 2 rings (SSSR count). The van der Waals surface area contributed by atoms with Crippen molar-refractivity contribution in [1.82, 2.24) is 5.32 Å². The van der Waals surface area contributed by atoms with E-state index in [0.29, 0.717) is 12.0 Å². The molecule has 1 aliphatic rings. The molecule has 0 aromatic heterocycles. The fourth-order valence-electron chi connectivity index (χ4n) is 2.53. The van der Waals surface area contributed by atoms with Crippen molar-refractivity contribution in [3.63, 3.8) is 0 Å². The molecular weight excluding hydrogens is 242 g/mol. The highest BCUT2D eigenvalue weighted by Gasteiger charge is 2.23. The molecule has 2 atom stereocenters. The number of hydrogen-bond donors (Lipinski definition) is 1. The highest BCUT2D eigenvalue weighted by molar-refractivity contribution is 5.46. The summed E-state index contributed by atoms with van der Waals surface area (Å²) in [5.41, 5.74) is 1.12. The van der Waals surface area contributed by atoms with Crippen LogP contribution >= 0.6 is 0 Å². The van der Waals surface area contributed by atoms with Crippen LogP contribution in [0.5, 0.6) is 11.5 Å². The largest absolute Gasteiger partial charge is 0.493 e. The minimum atomic E-state index is 0.361. The van der Waals surface area contributed by atoms with Gasteiger partial charge in [0.2, 0.25) is 0 Å². The Morgan fingerprint density at radius 1 is 1.32 bits per heavy atom. The van der Waals surface area contributed by atoms with E-state index in [1.807, 2.05) is 12.1 Å². The normalized spacial score (nSPS) is 22.5. The first-order valence-corrected chi connectivity index (χ1v) is 6.78. The van der Waals surface area contributed by atoms with Crippen LogP contribution in [0.25, 0.3) is 0 Å². The van der Waals surface area contributed by atoms with Crippen molar-refractivity contribution in [2.24, 2.45) is 5.92 Å². The molecule has 1 aromatic rings. The van der Waals surface area contributed by atoms with Crippen LogP contribution in [-0.4, -0.2) is 33.5 Å². The fourth-order valence-corrected chi connectivity index (χ4v) is 2.53. The van der Waals surface area contributed by atoms with Gasteiger partial charge in [0.15, 0.2) is 11.5 Å². The Labute approximate surface area is 115 Å². The van der Waals surface area contributed by atoms with E-state index >= 15 is 0 Å². The number of rotatable bonds is 6. The van der Waals surface area contributed by atoms with E-state index in [2.05, 4.69) is 18.3 Å². The monoisotopic (exact) mass is 265 g/mol. The molecule has 1 saturated heterocycles. The van der Waals surface area contributed by atoms with Crippen molar-refractivity contribution in [2.45, 2.75) is 26.0 Å². The number of methoxy groups -OCH3 is 2. The highest BCUT2D eigenvalue weighted by atomic mass is 16.5. The minimum Gasteiger partial charge on any atom is -0.493 e. The van der Waals surface area contributed by atoms with Crippen molar-refractivity contribution >= 4 is 0 Å². The summed E-state index contributed by atoms with van der Waals surface area (Å²) < 4.78 is 16.3. The quantitative estimate of drug-likeness (QED) is 0.856. The number of hydrogen-bond acceptors (Lipinski definition) is 4. The van der Waals surface area contributed by atoms with Crippen LogP contribution in [0.2, 0.25) is 0 Å². The SMILES string of the molecule is COc1cccc(CNCC2CCOC2C)c1OC. The maximum absolute atomic E-state index is 5.56. The number of ether oxygens (including phenoxy) is 3. The first-order valence-electron chi connectivity index (χ1n) is 6.78. The van der Waals surface area contributed by atoms with Crippen LogP contribution in [0, 0.1) is 5.92 Å². The third kappa shape index (κ3) is 3.39. The van der Waals surface area contributed by atoms with Gasteiger partial charge in [-0.3, -0.25) is 0 Å². The second-order valence-electron chi connectivity index (χ2n) is 4.91. The Morgan fingerprint density at radius 3 is 2.79 bits per heavy atom. The predicted octanol–water partition coefficient (Wildman–Crippen LogP) is 2.22. The van der Waals surface area contributed by atoms with Gasteiger partial charge in [-0.25, -0.2) is 0 Å². The van der Waals surface area contributed by atoms with Gasteiger partial charge >= 0.3 is 0 Å². The van der Waals surface area contributed by atoms with E-state index in [9.17, 15) is 0 Å². The average molecular weight is 265 g/mol. The number of para-hydroxylation sites is 1. The molecule has 1 N–H and O–H groups in total. The highest BCUT2D eigenvalue weighted by Crippen LogP contribution is 2.30. The molecule has 1 aromatic carbocycles. The molecule has 1 aliphatic heterocycles. The summed E-state index contributed by atoms with van der Waals surface area (Å²) in [6.45, 7) is 4.78. The molecular formula is C15H23NO3. The van der Waals surface area contributed by atoms with E-state index in [4.69, 9.17) is 14.2 Å². The number of nitrogens with one attached hydrogen (secondary N) is 1. The molecule has 4 nitrogen and oxygen atoms in total. The smallest absolute Gasteiger partial charge is 0.165 e. The zero-order valence-corrected chi connectivity index (χ0v) is 11.9. The van der Waals surface area contributed by atoms with E-state index in [-0.39, 0.29) is 0 Å². The molecule has 0 amide bonds. The standard InChI is InChI=1S/C15H23NO3/c1-11-12(7-8-19-11)9-16-10-13-5-4-6-14(17-2)15(13)18-3/h4-6,11-12,16H,7-10H2,1-3H3. The molecule has 106 valence electrons. The second-order valence-corrected chi connectivity index (χ2v) is 4.91. The third-order valence-electron chi connectivity index (χ3n) is 3.74. The molecule has 0 radical (unpaired) electrons. The van der Waals surface area contributed by atoms with Crippen molar-refractivity contribution in [3.05, 3.63) is 23.8 Å². The lowest BCUT2D eigenvalue weighted by molar-refractivity contribution is 0.105. The van der Waals surface area contributed by atoms with Gasteiger partial charge in [-0.2, -0.15) is 0 Å². The molecule has 0 spiro atoms. The molecule has 4 heteroatoms. The van der Waals surface area contributed by atoms with Crippen molar-refractivity contribution < 1.29 is 14.2 Å². The second kappa shape index (κ2) is 6.78. The van der Waals surface area contributed by atoms with Gasteiger partial charge in [0, 0.05) is 25.3 Å². The lowest BCUT2D eigenvalue weighted by atomic mass is 10.0. The lowest BCUT2D eigenvalue weighted by Gasteiger charge is -2.16. The van der Waals surface area contributed by atoms with Crippen LogP contribution in [0.1, 0.15) is 18.9 Å². The van der Waals surface area contributed by atoms with E-state index in [0.717, 1.165) is 43.2 Å². The summed E-state index contributed by atoms with van der Waals surface area (Å²) >= 11 is 0. The maximum Gasteiger partial charge on any atom is 0.165 e. The van der Waals surface area contributed by atoms with Gasteiger partial charge in [-0.15, -0.1) is 0 Å². The molecule has 2 unspecified atom stereocenters. The van der Waals surface area contributed by atoms with Crippen LogP contribution in [0.4, 0.5) is 0 Å². The molecule has 0 bridgehead atoms. The first kappa shape index (κ1) is 14.2. The zero-order valence-electron chi connectivity index (χ0n) is 11.9. The maximum atomic E-state index is 5.56. The van der Waals surface area contributed by atoms with Gasteiger partial charge < -0.3 is 19.5 Å². The van der Waals surface area contributed by atoms with Crippen LogP contribution < -0.4 is 14.8 Å². The van der Waals surface area contributed by atoms with Gasteiger partial charge in [-0.1, -0.05) is 12.1 Å². The van der Waals surface area contributed by atoms with E-state index in [1.165, 1.54) is 0 Å². The van der Waals surface area contributed by atoms with Gasteiger partial charge in [0.1, 0.15) is 0 Å². The van der Waals surface area contributed by atoms with Crippen LogP contribution in [-0.2, 0) is 11.3 Å². The summed E-state index contributed by atoms with van der Waals surface area (Å²) in [4.78, 5) is 0. The minimum absolute atomic E-state index is 0.361. The third-order valence-corrected chi connectivity index (χ3v) is 3.74. The average Bonchev–Trinajstić information content (AvgIpc) is 2.84. The fraction of sp³-hybridized carbons (Fsp3) is 0.600. The first-order chi connectivity index (χ1) is 9.26. The Hall–Kier alpha value is -1.26. The molecule has 1 heterocycles. The summed E-state index contributed by atoms with van der Waals surface area (Å²) in [6.07, 6.45) is 1.50. The topological polar surface area (TPSA) is 39.7 Å². The van der Waals surface area contributed by atoms with Gasteiger partial charge in [-0.05, 0) is 25.3 Å².